The van der Waals surface area contributed by atoms with Crippen LogP contribution in [0.3, 0.4) is 0 Å². The molecule has 0 aliphatic rings. The van der Waals surface area contributed by atoms with Crippen molar-refractivity contribution in [2.24, 2.45) is 0 Å². The number of hydrogen-bond acceptors (Lipinski definition) is 0. The Morgan fingerprint density at radius 2 is 1.45 bits per heavy atom. The van der Waals surface area contributed by atoms with E-state index in [2.05, 4.69) is 56.2 Å². The summed E-state index contributed by atoms with van der Waals surface area (Å²) in [6, 6.07) is 16.6. The van der Waals surface area contributed by atoms with Crippen LogP contribution in [0.5, 0.6) is 0 Å². The van der Waals surface area contributed by atoms with Gasteiger partial charge < -0.3 is 9.97 Å². The average molecular weight is 370 g/mol. The second-order valence-corrected chi connectivity index (χ2v) is 6.80. The SMILES string of the molecule is Clc1ccc2[nH]c3c(ccc4c5cccc(Br)c5[nH]c43)c2c1. The third-order valence-electron chi connectivity index (χ3n) is 4.29. The highest BCUT2D eigenvalue weighted by Crippen LogP contribution is 2.36. The number of para-hydroxylation sites is 1. The van der Waals surface area contributed by atoms with Gasteiger partial charge in [-0.1, -0.05) is 35.9 Å². The van der Waals surface area contributed by atoms with E-state index in [1.807, 2.05) is 18.2 Å². The second kappa shape index (κ2) is 4.28. The van der Waals surface area contributed by atoms with E-state index < -0.39 is 0 Å². The van der Waals surface area contributed by atoms with Crippen molar-refractivity contribution in [1.29, 1.82) is 0 Å². The largest absolute Gasteiger partial charge is 0.353 e. The first-order chi connectivity index (χ1) is 10.7. The van der Waals surface area contributed by atoms with Gasteiger partial charge in [0.15, 0.2) is 0 Å². The molecule has 22 heavy (non-hydrogen) atoms. The lowest BCUT2D eigenvalue weighted by Gasteiger charge is -1.94. The van der Waals surface area contributed by atoms with Crippen LogP contribution in [0.4, 0.5) is 0 Å². The van der Waals surface area contributed by atoms with Crippen LogP contribution in [0.15, 0.2) is 53.0 Å². The Labute approximate surface area is 139 Å². The predicted octanol–water partition coefficient (Wildman–Crippen LogP) is 6.37. The van der Waals surface area contributed by atoms with Gasteiger partial charge in [0, 0.05) is 36.6 Å². The fourth-order valence-electron chi connectivity index (χ4n) is 3.29. The Bertz CT molecular complexity index is 1200. The molecule has 0 atom stereocenters. The molecule has 0 fully saturated rings. The van der Waals surface area contributed by atoms with E-state index in [1.165, 1.54) is 16.2 Å². The van der Waals surface area contributed by atoms with Crippen LogP contribution in [-0.4, -0.2) is 9.97 Å². The Kier molecular flexibility index (Phi) is 2.44. The Balaban J connectivity index is 2.05. The van der Waals surface area contributed by atoms with E-state index in [0.29, 0.717) is 0 Å². The molecule has 3 aromatic carbocycles. The number of fused-ring (bicyclic) bond motifs is 7. The monoisotopic (exact) mass is 368 g/mol. The molecule has 2 heterocycles. The van der Waals surface area contributed by atoms with Crippen molar-refractivity contribution < 1.29 is 0 Å². The molecule has 0 bridgehead atoms. The van der Waals surface area contributed by atoms with Gasteiger partial charge in [-0.05, 0) is 40.2 Å². The number of H-pyrrole nitrogens is 2. The van der Waals surface area contributed by atoms with Gasteiger partial charge >= 0.3 is 0 Å². The minimum atomic E-state index is 0.757. The molecule has 5 rings (SSSR count). The lowest BCUT2D eigenvalue weighted by molar-refractivity contribution is 1.50. The van der Waals surface area contributed by atoms with Crippen molar-refractivity contribution >= 4 is 71.1 Å². The van der Waals surface area contributed by atoms with Crippen LogP contribution in [0.25, 0.3) is 43.6 Å². The lowest BCUT2D eigenvalue weighted by atomic mass is 10.1. The summed E-state index contributed by atoms with van der Waals surface area (Å²) in [6.45, 7) is 0. The zero-order chi connectivity index (χ0) is 14.8. The number of aromatic nitrogens is 2. The fourth-order valence-corrected chi connectivity index (χ4v) is 3.93. The fraction of sp³-hybridized carbons (Fsp3) is 0. The van der Waals surface area contributed by atoms with Crippen LogP contribution in [-0.2, 0) is 0 Å². The minimum absolute atomic E-state index is 0.757. The predicted molar refractivity (Wildman–Crippen MR) is 97.9 cm³/mol. The molecular weight excluding hydrogens is 360 g/mol. The average Bonchev–Trinajstić information content (AvgIpc) is 3.06. The Morgan fingerprint density at radius 3 is 2.32 bits per heavy atom. The third kappa shape index (κ3) is 1.55. The second-order valence-electron chi connectivity index (χ2n) is 5.51. The van der Waals surface area contributed by atoms with E-state index in [1.54, 1.807) is 0 Å². The highest BCUT2D eigenvalue weighted by Gasteiger charge is 2.12. The summed E-state index contributed by atoms with van der Waals surface area (Å²) in [4.78, 5) is 7.08. The van der Waals surface area contributed by atoms with Crippen molar-refractivity contribution in [3.63, 3.8) is 0 Å². The smallest absolute Gasteiger partial charge is 0.0710 e. The lowest BCUT2D eigenvalue weighted by Crippen LogP contribution is -1.72. The van der Waals surface area contributed by atoms with Gasteiger partial charge in [-0.2, -0.15) is 0 Å². The van der Waals surface area contributed by atoms with Crippen molar-refractivity contribution in [2.45, 2.75) is 0 Å². The van der Waals surface area contributed by atoms with E-state index in [0.717, 1.165) is 36.9 Å². The van der Waals surface area contributed by atoms with Gasteiger partial charge in [-0.15, -0.1) is 0 Å². The number of benzene rings is 3. The van der Waals surface area contributed by atoms with Crippen molar-refractivity contribution in [3.8, 4) is 0 Å². The first-order valence-corrected chi connectivity index (χ1v) is 8.19. The van der Waals surface area contributed by atoms with Crippen LogP contribution in [0.2, 0.25) is 5.02 Å². The topological polar surface area (TPSA) is 31.6 Å². The Morgan fingerprint density at radius 1 is 0.727 bits per heavy atom. The van der Waals surface area contributed by atoms with E-state index in [9.17, 15) is 0 Å². The van der Waals surface area contributed by atoms with E-state index in [4.69, 9.17) is 11.6 Å². The van der Waals surface area contributed by atoms with E-state index in [-0.39, 0.29) is 0 Å². The van der Waals surface area contributed by atoms with Crippen LogP contribution >= 0.6 is 27.5 Å². The van der Waals surface area contributed by atoms with Gasteiger partial charge in [-0.25, -0.2) is 0 Å². The molecule has 0 amide bonds. The van der Waals surface area contributed by atoms with Crippen molar-refractivity contribution in [3.05, 3.63) is 58.0 Å². The summed E-state index contributed by atoms with van der Waals surface area (Å²) in [6.07, 6.45) is 0. The summed E-state index contributed by atoms with van der Waals surface area (Å²) in [5.74, 6) is 0. The summed E-state index contributed by atoms with van der Waals surface area (Å²) in [5.41, 5.74) is 4.48. The maximum Gasteiger partial charge on any atom is 0.0710 e. The normalized spacial score (nSPS) is 12.1. The van der Waals surface area contributed by atoms with Crippen LogP contribution in [0.1, 0.15) is 0 Å². The number of rotatable bonds is 0. The minimum Gasteiger partial charge on any atom is -0.353 e. The standard InChI is InChI=1S/C18H10BrClN2/c19-14-3-1-2-10-11-5-6-12-13-8-9(20)4-7-15(13)21-17(12)18(11)22-16(10)14/h1-8,21-22H. The molecule has 106 valence electrons. The number of nitrogens with one attached hydrogen (secondary N) is 2. The molecule has 0 spiro atoms. The molecule has 5 aromatic rings. The quantitative estimate of drug-likeness (QED) is 0.318. The highest BCUT2D eigenvalue weighted by molar-refractivity contribution is 9.10. The summed E-state index contributed by atoms with van der Waals surface area (Å²) in [5, 5.41) is 5.55. The molecule has 2 N–H and O–H groups in total. The zero-order valence-electron chi connectivity index (χ0n) is 11.4. The summed E-state index contributed by atoms with van der Waals surface area (Å²) < 4.78 is 1.08. The van der Waals surface area contributed by atoms with Crippen LogP contribution < -0.4 is 0 Å². The van der Waals surface area contributed by atoms with Crippen LogP contribution in [0, 0.1) is 0 Å². The molecule has 2 nitrogen and oxygen atoms in total. The zero-order valence-corrected chi connectivity index (χ0v) is 13.7. The van der Waals surface area contributed by atoms with Gasteiger partial charge in [0.1, 0.15) is 0 Å². The van der Waals surface area contributed by atoms with Gasteiger partial charge in [-0.3, -0.25) is 0 Å². The molecule has 0 aliphatic heterocycles. The Hall–Kier alpha value is -1.97. The molecule has 4 heteroatoms. The first-order valence-electron chi connectivity index (χ1n) is 7.02. The maximum absolute atomic E-state index is 6.15. The molecule has 2 aromatic heterocycles. The molecule has 0 radical (unpaired) electrons. The summed E-state index contributed by atoms with van der Waals surface area (Å²) in [7, 11) is 0. The third-order valence-corrected chi connectivity index (χ3v) is 5.19. The van der Waals surface area contributed by atoms with Gasteiger partial charge in [0.25, 0.3) is 0 Å². The highest BCUT2D eigenvalue weighted by atomic mass is 79.9. The van der Waals surface area contributed by atoms with Gasteiger partial charge in [0.2, 0.25) is 0 Å². The molecule has 0 saturated heterocycles. The van der Waals surface area contributed by atoms with Crippen molar-refractivity contribution in [2.75, 3.05) is 0 Å². The maximum atomic E-state index is 6.15. The van der Waals surface area contributed by atoms with Gasteiger partial charge in [0.05, 0.1) is 16.6 Å². The molecule has 0 saturated carbocycles. The molecule has 0 unspecified atom stereocenters. The number of hydrogen-bond donors (Lipinski definition) is 2. The molecule has 0 aliphatic carbocycles. The summed E-state index contributed by atoms with van der Waals surface area (Å²) >= 11 is 9.78. The van der Waals surface area contributed by atoms with Crippen molar-refractivity contribution in [1.82, 2.24) is 9.97 Å². The first kappa shape index (κ1) is 12.6. The number of halogens is 2. The number of aromatic amines is 2. The molecular formula is C18H10BrClN2. The van der Waals surface area contributed by atoms with E-state index >= 15 is 0 Å².